The minimum atomic E-state index is -0.663. The van der Waals surface area contributed by atoms with Gasteiger partial charge in [-0.1, -0.05) is 78.6 Å². The molecule has 0 fully saturated rings. The summed E-state index contributed by atoms with van der Waals surface area (Å²) in [7, 11) is 0. The highest BCUT2D eigenvalue weighted by molar-refractivity contribution is 5.66. The minimum absolute atomic E-state index is 0.341. The number of carboxylic acid groups (broad SMARTS) is 1. The molecule has 0 spiro atoms. The van der Waals surface area contributed by atoms with Gasteiger partial charge in [-0.25, -0.2) is 0 Å². The predicted molar refractivity (Wildman–Crippen MR) is 92.6 cm³/mol. The summed E-state index contributed by atoms with van der Waals surface area (Å²) in [6.07, 6.45) is 13.9. The SMILES string of the molecule is CCCCC(CC)CN.CCCCCCCCCC(=O)O. The second-order valence-corrected chi connectivity index (χ2v) is 5.92. The van der Waals surface area contributed by atoms with Crippen LogP contribution in [-0.4, -0.2) is 17.6 Å². The Bertz CT molecular complexity index is 203. The number of unbranched alkanes of at least 4 members (excludes halogenated alkanes) is 7. The van der Waals surface area contributed by atoms with Crippen molar-refractivity contribution in [3.63, 3.8) is 0 Å². The van der Waals surface area contributed by atoms with Gasteiger partial charge >= 0.3 is 5.97 Å². The fourth-order valence-corrected chi connectivity index (χ4v) is 2.21. The van der Waals surface area contributed by atoms with Crippen LogP contribution in [0.2, 0.25) is 0 Å². The molecule has 3 N–H and O–H groups in total. The van der Waals surface area contributed by atoms with Gasteiger partial charge in [0.2, 0.25) is 0 Å². The van der Waals surface area contributed by atoms with Crippen LogP contribution in [0.4, 0.5) is 0 Å². The summed E-state index contributed by atoms with van der Waals surface area (Å²) in [6, 6.07) is 0. The zero-order valence-electron chi connectivity index (χ0n) is 14.7. The van der Waals surface area contributed by atoms with Gasteiger partial charge in [-0.3, -0.25) is 4.79 Å². The summed E-state index contributed by atoms with van der Waals surface area (Å²) < 4.78 is 0. The standard InChI is InChI=1S/C10H20O2.C8H19N/c1-2-3-4-5-6-7-8-9-10(11)12;1-3-5-6-8(4-2)7-9/h2-9H2,1H3,(H,11,12);8H,3-7,9H2,1-2H3. The average Bonchev–Trinajstić information content (AvgIpc) is 2.48. The van der Waals surface area contributed by atoms with Crippen LogP contribution in [-0.2, 0) is 4.79 Å². The van der Waals surface area contributed by atoms with E-state index in [-0.39, 0.29) is 0 Å². The highest BCUT2D eigenvalue weighted by Crippen LogP contribution is 2.09. The Balaban J connectivity index is 0. The molecular formula is C18H39NO2. The molecule has 0 heterocycles. The summed E-state index contributed by atoms with van der Waals surface area (Å²) in [5.74, 6) is 0.119. The van der Waals surface area contributed by atoms with Gasteiger partial charge < -0.3 is 10.8 Å². The topological polar surface area (TPSA) is 63.3 Å². The third kappa shape index (κ3) is 21.9. The Morgan fingerprint density at radius 1 is 0.905 bits per heavy atom. The zero-order valence-corrected chi connectivity index (χ0v) is 14.7. The van der Waals surface area contributed by atoms with Crippen LogP contribution in [0.3, 0.4) is 0 Å². The van der Waals surface area contributed by atoms with Crippen LogP contribution in [0.25, 0.3) is 0 Å². The highest BCUT2D eigenvalue weighted by atomic mass is 16.4. The molecule has 0 bridgehead atoms. The number of carboxylic acids is 1. The maximum Gasteiger partial charge on any atom is 0.303 e. The Morgan fingerprint density at radius 2 is 1.43 bits per heavy atom. The second kappa shape index (κ2) is 19.4. The van der Waals surface area contributed by atoms with Gasteiger partial charge in [0.15, 0.2) is 0 Å². The van der Waals surface area contributed by atoms with Crippen LogP contribution in [0.15, 0.2) is 0 Å². The first kappa shape index (κ1) is 22.7. The fourth-order valence-electron chi connectivity index (χ4n) is 2.21. The van der Waals surface area contributed by atoms with Crippen molar-refractivity contribution in [2.45, 2.75) is 97.8 Å². The molecule has 0 amide bonds. The Labute approximate surface area is 132 Å². The van der Waals surface area contributed by atoms with E-state index in [9.17, 15) is 4.79 Å². The van der Waals surface area contributed by atoms with Gasteiger partial charge in [-0.15, -0.1) is 0 Å². The van der Waals surface area contributed by atoms with Gasteiger partial charge in [0, 0.05) is 6.42 Å². The molecule has 0 saturated carbocycles. The summed E-state index contributed by atoms with van der Waals surface area (Å²) in [4.78, 5) is 10.1. The lowest BCUT2D eigenvalue weighted by atomic mass is 10.00. The van der Waals surface area contributed by atoms with Crippen molar-refractivity contribution in [2.75, 3.05) is 6.54 Å². The molecule has 0 aliphatic carbocycles. The monoisotopic (exact) mass is 301 g/mol. The van der Waals surface area contributed by atoms with Crippen molar-refractivity contribution >= 4 is 5.97 Å². The zero-order chi connectivity index (χ0) is 16.3. The van der Waals surface area contributed by atoms with E-state index in [1.807, 2.05) is 0 Å². The molecule has 128 valence electrons. The van der Waals surface area contributed by atoms with Crippen LogP contribution >= 0.6 is 0 Å². The molecule has 1 unspecified atom stereocenters. The first-order chi connectivity index (χ1) is 10.1. The van der Waals surface area contributed by atoms with E-state index in [0.717, 1.165) is 25.3 Å². The number of rotatable bonds is 13. The van der Waals surface area contributed by atoms with E-state index in [1.165, 1.54) is 57.8 Å². The molecule has 3 nitrogen and oxygen atoms in total. The lowest BCUT2D eigenvalue weighted by Crippen LogP contribution is -2.12. The second-order valence-electron chi connectivity index (χ2n) is 5.92. The fraction of sp³-hybridized carbons (Fsp3) is 0.944. The molecule has 3 heteroatoms. The quantitative estimate of drug-likeness (QED) is 0.449. The third-order valence-electron chi connectivity index (χ3n) is 3.87. The van der Waals surface area contributed by atoms with Crippen molar-refractivity contribution < 1.29 is 9.90 Å². The average molecular weight is 302 g/mol. The van der Waals surface area contributed by atoms with Crippen molar-refractivity contribution in [1.29, 1.82) is 0 Å². The van der Waals surface area contributed by atoms with Crippen molar-refractivity contribution in [2.24, 2.45) is 11.7 Å². The number of aliphatic carboxylic acids is 1. The van der Waals surface area contributed by atoms with E-state index >= 15 is 0 Å². The van der Waals surface area contributed by atoms with Gasteiger partial charge in [-0.2, -0.15) is 0 Å². The molecule has 0 radical (unpaired) electrons. The molecule has 21 heavy (non-hydrogen) atoms. The van der Waals surface area contributed by atoms with Crippen LogP contribution in [0.5, 0.6) is 0 Å². The van der Waals surface area contributed by atoms with E-state index in [0.29, 0.717) is 6.42 Å². The summed E-state index contributed by atoms with van der Waals surface area (Å²) in [5, 5.41) is 8.35. The number of carbonyl (C=O) groups is 1. The van der Waals surface area contributed by atoms with Crippen LogP contribution < -0.4 is 5.73 Å². The molecule has 0 aliphatic rings. The first-order valence-electron chi connectivity index (χ1n) is 9.04. The lowest BCUT2D eigenvalue weighted by molar-refractivity contribution is -0.137. The molecular weight excluding hydrogens is 262 g/mol. The predicted octanol–water partition coefficient (Wildman–Crippen LogP) is 5.37. The molecule has 0 aromatic rings. The van der Waals surface area contributed by atoms with E-state index < -0.39 is 5.97 Å². The summed E-state index contributed by atoms with van der Waals surface area (Å²) >= 11 is 0. The first-order valence-corrected chi connectivity index (χ1v) is 9.04. The largest absolute Gasteiger partial charge is 0.481 e. The van der Waals surface area contributed by atoms with Gasteiger partial charge in [0.05, 0.1) is 0 Å². The summed E-state index contributed by atoms with van der Waals surface area (Å²) in [6.45, 7) is 7.51. The molecule has 0 aromatic heterocycles. The summed E-state index contributed by atoms with van der Waals surface area (Å²) in [5.41, 5.74) is 5.52. The maximum absolute atomic E-state index is 10.1. The smallest absolute Gasteiger partial charge is 0.303 e. The van der Waals surface area contributed by atoms with E-state index in [4.69, 9.17) is 10.8 Å². The van der Waals surface area contributed by atoms with Gasteiger partial charge in [0.25, 0.3) is 0 Å². The van der Waals surface area contributed by atoms with Crippen molar-refractivity contribution in [1.82, 2.24) is 0 Å². The Morgan fingerprint density at radius 3 is 1.86 bits per heavy atom. The number of hydrogen-bond acceptors (Lipinski definition) is 2. The molecule has 0 saturated heterocycles. The number of hydrogen-bond donors (Lipinski definition) is 2. The molecule has 0 aromatic carbocycles. The van der Waals surface area contributed by atoms with Gasteiger partial charge in [0.1, 0.15) is 0 Å². The Hall–Kier alpha value is -0.570. The van der Waals surface area contributed by atoms with Crippen LogP contribution in [0.1, 0.15) is 97.8 Å². The lowest BCUT2D eigenvalue weighted by Gasteiger charge is -2.09. The minimum Gasteiger partial charge on any atom is -0.481 e. The van der Waals surface area contributed by atoms with Crippen molar-refractivity contribution in [3.8, 4) is 0 Å². The molecule has 0 rings (SSSR count). The third-order valence-corrected chi connectivity index (χ3v) is 3.87. The van der Waals surface area contributed by atoms with Crippen LogP contribution in [0, 0.1) is 5.92 Å². The Kier molecular flexibility index (Phi) is 21.0. The highest BCUT2D eigenvalue weighted by Gasteiger charge is 2.00. The molecule has 0 aliphatic heterocycles. The number of nitrogens with two attached hydrogens (primary N) is 1. The van der Waals surface area contributed by atoms with Crippen molar-refractivity contribution in [3.05, 3.63) is 0 Å². The van der Waals surface area contributed by atoms with E-state index in [2.05, 4.69) is 20.8 Å². The van der Waals surface area contributed by atoms with Gasteiger partial charge in [-0.05, 0) is 25.3 Å². The van der Waals surface area contributed by atoms with E-state index in [1.54, 1.807) is 0 Å². The molecule has 1 atom stereocenters. The maximum atomic E-state index is 10.1. The normalized spacial score (nSPS) is 11.6.